The summed E-state index contributed by atoms with van der Waals surface area (Å²) >= 11 is 7.84. The second-order valence-electron chi connectivity index (χ2n) is 13.8. The molecule has 5 aliphatic rings. The average Bonchev–Trinajstić information content (AvgIpc) is 3.74. The SMILES string of the molecule is N#Cc1c(N)sc2c(F)ccc(-c3c(Cl)cc4c(N5CC6CCC(C5)N6C5COC5)nc(OC[C@@]56CCCN5C[C@H](F)C6)nc4c3F)c12. The van der Waals surface area contributed by atoms with E-state index in [0.717, 1.165) is 56.8 Å². The molecule has 14 heteroatoms. The fraction of sp³-hybridized carbons (Fsp3) is 0.500. The molecule has 2 unspecified atom stereocenters. The van der Waals surface area contributed by atoms with E-state index in [9.17, 15) is 14.0 Å². The molecular weight excluding hydrogens is 663 g/mol. The first-order chi connectivity index (χ1) is 23.2. The van der Waals surface area contributed by atoms with Crippen LogP contribution in [0.4, 0.5) is 24.0 Å². The van der Waals surface area contributed by atoms with Crippen LogP contribution in [-0.4, -0.2) is 95.6 Å². The van der Waals surface area contributed by atoms with Gasteiger partial charge in [0, 0.05) is 54.5 Å². The second kappa shape index (κ2) is 11.3. The number of alkyl halides is 1. The molecule has 5 fully saturated rings. The largest absolute Gasteiger partial charge is 0.461 e. The molecule has 7 heterocycles. The number of hydrogen-bond acceptors (Lipinski definition) is 10. The van der Waals surface area contributed by atoms with Crippen molar-refractivity contribution >= 4 is 54.7 Å². The van der Waals surface area contributed by atoms with Crippen molar-refractivity contribution in [3.05, 3.63) is 40.4 Å². The van der Waals surface area contributed by atoms with E-state index in [1.807, 2.05) is 6.07 Å². The van der Waals surface area contributed by atoms with Gasteiger partial charge in [0.25, 0.3) is 0 Å². The lowest BCUT2D eigenvalue weighted by Crippen LogP contribution is -2.62. The van der Waals surface area contributed by atoms with Crippen LogP contribution in [-0.2, 0) is 4.74 Å². The Labute approximate surface area is 284 Å². The van der Waals surface area contributed by atoms with Gasteiger partial charge in [0.1, 0.15) is 41.0 Å². The lowest BCUT2D eigenvalue weighted by molar-refractivity contribution is -0.0850. The molecule has 9 nitrogen and oxygen atoms in total. The van der Waals surface area contributed by atoms with Crippen molar-refractivity contribution in [2.75, 3.05) is 56.6 Å². The van der Waals surface area contributed by atoms with E-state index in [0.29, 0.717) is 55.4 Å². The number of hydrogen-bond donors (Lipinski definition) is 1. The Hall–Kier alpha value is -3.41. The number of nitrogens with two attached hydrogens (primary N) is 1. The highest BCUT2D eigenvalue weighted by Gasteiger charge is 2.50. The molecular formula is C34H33ClF3N7O2S. The first kappa shape index (κ1) is 30.6. The summed E-state index contributed by atoms with van der Waals surface area (Å²) in [7, 11) is 0. The molecule has 0 radical (unpaired) electrons. The van der Waals surface area contributed by atoms with Crippen LogP contribution < -0.4 is 15.4 Å². The molecule has 2 N–H and O–H groups in total. The lowest BCUT2D eigenvalue weighted by Gasteiger charge is -2.48. The Morgan fingerprint density at radius 2 is 1.94 bits per heavy atom. The van der Waals surface area contributed by atoms with Gasteiger partial charge >= 0.3 is 6.01 Å². The Balaban J connectivity index is 1.18. The molecule has 0 spiro atoms. The van der Waals surface area contributed by atoms with Gasteiger partial charge in [-0.2, -0.15) is 15.2 Å². The highest BCUT2D eigenvalue weighted by atomic mass is 35.5. The zero-order valence-corrected chi connectivity index (χ0v) is 27.6. The zero-order valence-electron chi connectivity index (χ0n) is 26.0. The molecule has 48 heavy (non-hydrogen) atoms. The first-order valence-corrected chi connectivity index (χ1v) is 17.7. The van der Waals surface area contributed by atoms with Crippen LogP contribution in [0, 0.1) is 23.0 Å². The van der Waals surface area contributed by atoms with Crippen molar-refractivity contribution in [1.82, 2.24) is 19.8 Å². The number of piperazine rings is 1. The van der Waals surface area contributed by atoms with Gasteiger partial charge in [0.2, 0.25) is 0 Å². The third-order valence-corrected chi connectivity index (χ3v) is 12.5. The van der Waals surface area contributed by atoms with Gasteiger partial charge in [-0.1, -0.05) is 17.7 Å². The Kier molecular flexibility index (Phi) is 7.22. The normalized spacial score (nSPS) is 27.6. The van der Waals surface area contributed by atoms with Gasteiger partial charge in [0.15, 0.2) is 5.82 Å². The summed E-state index contributed by atoms with van der Waals surface area (Å²) in [5.74, 6) is -0.762. The molecule has 2 aromatic carbocycles. The number of nitrogens with zero attached hydrogens (tertiary/aromatic N) is 6. The first-order valence-electron chi connectivity index (χ1n) is 16.5. The van der Waals surface area contributed by atoms with Crippen LogP contribution in [0.2, 0.25) is 5.02 Å². The van der Waals surface area contributed by atoms with Gasteiger partial charge in [-0.25, -0.2) is 13.2 Å². The maximum absolute atomic E-state index is 17.1. The monoisotopic (exact) mass is 695 g/mol. The number of halogens is 4. The molecule has 0 aliphatic carbocycles. The molecule has 2 bridgehead atoms. The summed E-state index contributed by atoms with van der Waals surface area (Å²) in [4.78, 5) is 16.4. The van der Waals surface area contributed by atoms with E-state index in [4.69, 9.17) is 31.8 Å². The van der Waals surface area contributed by atoms with Crippen molar-refractivity contribution < 1.29 is 22.6 Å². The molecule has 4 aromatic rings. The maximum Gasteiger partial charge on any atom is 0.319 e. The summed E-state index contributed by atoms with van der Waals surface area (Å²) in [5.41, 5.74) is 5.96. The fourth-order valence-corrected chi connectivity index (χ4v) is 10.2. The Bertz CT molecular complexity index is 2010. The number of ether oxygens (including phenoxy) is 2. The van der Waals surface area contributed by atoms with Crippen molar-refractivity contribution in [1.29, 1.82) is 5.26 Å². The Morgan fingerprint density at radius 1 is 1.15 bits per heavy atom. The number of nitrogen functional groups attached to an aromatic ring is 1. The summed E-state index contributed by atoms with van der Waals surface area (Å²) in [5, 5.41) is 10.8. The number of fused-ring (bicyclic) bond motifs is 5. The quantitative estimate of drug-likeness (QED) is 0.264. The maximum atomic E-state index is 17.1. The molecule has 250 valence electrons. The topological polar surface area (TPSA) is 104 Å². The molecule has 5 saturated heterocycles. The van der Waals surface area contributed by atoms with Crippen LogP contribution in [0.3, 0.4) is 0 Å². The number of thiophene rings is 1. The minimum Gasteiger partial charge on any atom is -0.461 e. The van der Waals surface area contributed by atoms with Crippen molar-refractivity contribution in [3.63, 3.8) is 0 Å². The van der Waals surface area contributed by atoms with Crippen molar-refractivity contribution in [2.24, 2.45) is 0 Å². The van der Waals surface area contributed by atoms with Gasteiger partial charge in [-0.3, -0.25) is 9.80 Å². The van der Waals surface area contributed by atoms with Gasteiger partial charge < -0.3 is 20.1 Å². The van der Waals surface area contributed by atoms with Crippen LogP contribution in [0.25, 0.3) is 32.1 Å². The average molecular weight is 696 g/mol. The van der Waals surface area contributed by atoms with Crippen LogP contribution in [0.5, 0.6) is 6.01 Å². The molecule has 0 saturated carbocycles. The molecule has 9 rings (SSSR count). The number of nitriles is 1. The summed E-state index contributed by atoms with van der Waals surface area (Å²) in [6, 6.07) is 7.38. The summed E-state index contributed by atoms with van der Waals surface area (Å²) in [6.07, 6.45) is 3.33. The van der Waals surface area contributed by atoms with E-state index >= 15 is 4.39 Å². The predicted octanol–water partition coefficient (Wildman–Crippen LogP) is 5.90. The lowest BCUT2D eigenvalue weighted by atomic mass is 9.95. The number of anilines is 2. The predicted molar refractivity (Wildman–Crippen MR) is 178 cm³/mol. The van der Waals surface area contributed by atoms with Crippen molar-refractivity contribution in [3.8, 4) is 23.2 Å². The van der Waals surface area contributed by atoms with E-state index in [-0.39, 0.29) is 54.9 Å². The van der Waals surface area contributed by atoms with E-state index in [1.165, 1.54) is 12.1 Å². The number of aromatic nitrogens is 2. The number of benzene rings is 2. The van der Waals surface area contributed by atoms with Gasteiger partial charge in [-0.05, 0) is 49.9 Å². The molecule has 4 atom stereocenters. The minimum atomic E-state index is -0.922. The van der Waals surface area contributed by atoms with E-state index < -0.39 is 23.3 Å². The third-order valence-electron chi connectivity index (χ3n) is 11.2. The summed E-state index contributed by atoms with van der Waals surface area (Å²) < 4.78 is 58.5. The van der Waals surface area contributed by atoms with Crippen LogP contribution in [0.1, 0.15) is 37.7 Å². The van der Waals surface area contributed by atoms with Crippen LogP contribution in [0.15, 0.2) is 18.2 Å². The van der Waals surface area contributed by atoms with E-state index in [2.05, 4.69) is 19.7 Å². The number of rotatable bonds is 6. The second-order valence-corrected chi connectivity index (χ2v) is 15.3. The van der Waals surface area contributed by atoms with E-state index in [1.54, 1.807) is 6.07 Å². The standard InChI is InChI=1S/C34H33ClF3N7O2S/c35-24-8-22-29(28(38)27(24)21-4-5-25(37)30-26(21)23(10-39)31(40)48-30)41-33(47-16-34-6-1-7-44(34)11-17(36)9-34)42-32(22)43-12-18-2-3-19(13-43)45(18)20-14-46-15-20/h4-5,8,17-20H,1-3,6-7,9,11-16,40H2/t17-,18?,19?,34+/m1/s1. The zero-order chi connectivity index (χ0) is 32.9. The molecule has 5 aliphatic heterocycles. The fourth-order valence-electron chi connectivity index (χ4n) is 8.97. The Morgan fingerprint density at radius 3 is 2.67 bits per heavy atom. The highest BCUT2D eigenvalue weighted by molar-refractivity contribution is 7.23. The van der Waals surface area contributed by atoms with Crippen molar-refractivity contribution in [2.45, 2.75) is 61.9 Å². The smallest absolute Gasteiger partial charge is 0.319 e. The minimum absolute atomic E-state index is 0.00585. The third kappa shape index (κ3) is 4.60. The molecule has 2 aromatic heterocycles. The summed E-state index contributed by atoms with van der Waals surface area (Å²) in [6.45, 7) is 4.25. The van der Waals surface area contributed by atoms with Gasteiger partial charge in [0.05, 0.1) is 40.1 Å². The highest BCUT2D eigenvalue weighted by Crippen LogP contribution is 2.47. The van der Waals surface area contributed by atoms with Crippen LogP contribution >= 0.6 is 22.9 Å². The molecule has 0 amide bonds. The van der Waals surface area contributed by atoms with Gasteiger partial charge in [-0.15, -0.1) is 11.3 Å².